The average molecular weight is 520 g/mol. The van der Waals surface area contributed by atoms with E-state index in [9.17, 15) is 9.59 Å². The number of likely N-dealkylation sites (tertiary alicyclic amines) is 1. The molecule has 0 spiro atoms. The van der Waals surface area contributed by atoms with Crippen LogP contribution in [0.25, 0.3) is 0 Å². The quantitative estimate of drug-likeness (QED) is 0.513. The highest BCUT2D eigenvalue weighted by Crippen LogP contribution is 2.39. The number of aromatic nitrogens is 1. The zero-order valence-corrected chi connectivity index (χ0v) is 21.1. The molecule has 184 valence electrons. The third kappa shape index (κ3) is 4.49. The Balaban J connectivity index is 1.21. The topological polar surface area (TPSA) is 72.8 Å². The standard InChI is InChI=1S/C27H25N3O4S2/c31-24-8-4-7-21-19-11-17(14-30(21)24)13-29(15-19)27(35)36-25(18-5-2-1-3-6-18)26(32)28-20-9-10-22-23(12-20)34-16-33-22/h1-10,12,17,19,25H,11,13-16H2,(H,28,32)/t17-,19+,25-/m1/s1. The van der Waals surface area contributed by atoms with E-state index < -0.39 is 5.25 Å². The highest BCUT2D eigenvalue weighted by molar-refractivity contribution is 8.23. The van der Waals surface area contributed by atoms with Gasteiger partial charge in [-0.15, -0.1) is 0 Å². The minimum atomic E-state index is -0.513. The molecular weight excluding hydrogens is 494 g/mol. The van der Waals surface area contributed by atoms with Gasteiger partial charge in [0.1, 0.15) is 9.57 Å². The molecule has 9 heteroatoms. The van der Waals surface area contributed by atoms with Crippen molar-refractivity contribution < 1.29 is 14.3 Å². The molecular formula is C27H25N3O4S2. The van der Waals surface area contributed by atoms with Crippen molar-refractivity contribution in [2.75, 3.05) is 25.2 Å². The summed E-state index contributed by atoms with van der Waals surface area (Å²) in [5, 5.41) is 2.51. The van der Waals surface area contributed by atoms with Crippen molar-refractivity contribution in [2.24, 2.45) is 5.92 Å². The Morgan fingerprint density at radius 2 is 1.83 bits per heavy atom. The van der Waals surface area contributed by atoms with Gasteiger partial charge in [0, 0.05) is 49.1 Å². The van der Waals surface area contributed by atoms with Crippen molar-refractivity contribution in [1.82, 2.24) is 9.47 Å². The molecule has 7 nitrogen and oxygen atoms in total. The Bertz CT molecular complexity index is 1380. The van der Waals surface area contributed by atoms with Crippen LogP contribution >= 0.6 is 24.0 Å². The Morgan fingerprint density at radius 1 is 1.00 bits per heavy atom. The normalized spacial score (nSPS) is 20.4. The predicted octanol–water partition coefficient (Wildman–Crippen LogP) is 4.39. The number of carbonyl (C=O) groups is 1. The first-order chi connectivity index (χ1) is 17.5. The van der Waals surface area contributed by atoms with Gasteiger partial charge in [-0.05, 0) is 36.1 Å². The second-order valence-corrected chi connectivity index (χ2v) is 11.1. The van der Waals surface area contributed by atoms with Crippen molar-refractivity contribution >= 4 is 39.9 Å². The Kier molecular flexibility index (Phi) is 6.18. The molecule has 0 radical (unpaired) electrons. The zero-order valence-electron chi connectivity index (χ0n) is 19.5. The Hall–Kier alpha value is -3.30. The van der Waals surface area contributed by atoms with Crippen LogP contribution in [0.3, 0.4) is 0 Å². The van der Waals surface area contributed by atoms with Gasteiger partial charge in [-0.2, -0.15) is 0 Å². The number of piperidine rings is 1. The fraction of sp³-hybridized carbons (Fsp3) is 0.296. The van der Waals surface area contributed by atoms with E-state index in [0.717, 1.165) is 30.8 Å². The van der Waals surface area contributed by atoms with E-state index in [0.29, 0.717) is 34.0 Å². The van der Waals surface area contributed by atoms with Crippen LogP contribution in [0, 0.1) is 5.92 Å². The number of ether oxygens (including phenoxy) is 2. The fourth-order valence-electron chi connectivity index (χ4n) is 5.30. The van der Waals surface area contributed by atoms with Gasteiger partial charge in [-0.1, -0.05) is 60.4 Å². The van der Waals surface area contributed by atoms with Gasteiger partial charge >= 0.3 is 0 Å². The molecule has 1 N–H and O–H groups in total. The first-order valence-electron chi connectivity index (χ1n) is 12.0. The summed E-state index contributed by atoms with van der Waals surface area (Å²) >= 11 is 7.31. The van der Waals surface area contributed by atoms with Gasteiger partial charge < -0.3 is 24.3 Å². The second kappa shape index (κ2) is 9.63. The van der Waals surface area contributed by atoms with Gasteiger partial charge in [0.05, 0.1) is 0 Å². The largest absolute Gasteiger partial charge is 0.454 e. The number of fused-ring (bicyclic) bond motifs is 5. The lowest BCUT2D eigenvalue weighted by atomic mass is 9.83. The summed E-state index contributed by atoms with van der Waals surface area (Å²) < 4.78 is 13.4. The molecule has 36 heavy (non-hydrogen) atoms. The molecule has 0 aliphatic carbocycles. The average Bonchev–Trinajstić information content (AvgIpc) is 3.36. The van der Waals surface area contributed by atoms with Gasteiger partial charge in [0.25, 0.3) is 5.56 Å². The van der Waals surface area contributed by atoms with Crippen molar-refractivity contribution in [1.29, 1.82) is 0 Å². The molecule has 4 heterocycles. The summed E-state index contributed by atoms with van der Waals surface area (Å²) in [6.45, 7) is 2.42. The number of anilines is 1. The molecule has 1 amide bonds. The first kappa shape index (κ1) is 23.1. The summed E-state index contributed by atoms with van der Waals surface area (Å²) in [7, 11) is 0. The van der Waals surface area contributed by atoms with Crippen LogP contribution in [0.15, 0.2) is 71.5 Å². The van der Waals surface area contributed by atoms with Crippen LogP contribution in [-0.2, 0) is 11.3 Å². The minimum Gasteiger partial charge on any atom is -0.454 e. The lowest BCUT2D eigenvalue weighted by Gasteiger charge is -2.43. The number of thioether (sulfide) groups is 1. The van der Waals surface area contributed by atoms with E-state index in [1.807, 2.05) is 53.1 Å². The molecule has 3 aliphatic rings. The number of amides is 1. The molecule has 1 aromatic heterocycles. The van der Waals surface area contributed by atoms with Crippen molar-refractivity contribution in [2.45, 2.75) is 24.1 Å². The number of benzene rings is 2. The number of nitrogens with zero attached hydrogens (tertiary/aromatic N) is 2. The molecule has 1 saturated heterocycles. The maximum Gasteiger partial charge on any atom is 0.250 e. The molecule has 3 aromatic rings. The van der Waals surface area contributed by atoms with Crippen LogP contribution in [0.4, 0.5) is 5.69 Å². The SMILES string of the molecule is O=C(Nc1ccc2c(c1)OCO2)[C@H](SC(=S)N1C[C@H]2C[C@@H](C1)c1cccc(=O)n1C2)c1ccccc1. The highest BCUT2D eigenvalue weighted by Gasteiger charge is 2.36. The zero-order chi connectivity index (χ0) is 24.6. The van der Waals surface area contributed by atoms with Crippen molar-refractivity contribution in [3.63, 3.8) is 0 Å². The van der Waals surface area contributed by atoms with E-state index in [4.69, 9.17) is 21.7 Å². The van der Waals surface area contributed by atoms with E-state index in [2.05, 4.69) is 10.2 Å². The van der Waals surface area contributed by atoms with E-state index in [1.165, 1.54) is 11.8 Å². The fourth-order valence-corrected chi connectivity index (χ4v) is 6.70. The number of thiocarbonyl (C=S) groups is 1. The van der Waals surface area contributed by atoms with E-state index in [-0.39, 0.29) is 24.2 Å². The Labute approximate surface area is 218 Å². The van der Waals surface area contributed by atoms with Crippen molar-refractivity contribution in [3.05, 3.63) is 88.3 Å². The van der Waals surface area contributed by atoms with Crippen LogP contribution < -0.4 is 20.3 Å². The number of hydrogen-bond donors (Lipinski definition) is 1. The third-order valence-electron chi connectivity index (χ3n) is 6.94. The maximum atomic E-state index is 13.5. The Morgan fingerprint density at radius 3 is 2.69 bits per heavy atom. The molecule has 3 atom stereocenters. The second-order valence-electron chi connectivity index (χ2n) is 9.33. The van der Waals surface area contributed by atoms with Gasteiger partial charge in [0.15, 0.2) is 11.5 Å². The van der Waals surface area contributed by atoms with Crippen LogP contribution in [0.2, 0.25) is 0 Å². The smallest absolute Gasteiger partial charge is 0.250 e. The highest BCUT2D eigenvalue weighted by atomic mass is 32.2. The predicted molar refractivity (Wildman–Crippen MR) is 144 cm³/mol. The van der Waals surface area contributed by atoms with Gasteiger partial charge in [0.2, 0.25) is 12.7 Å². The molecule has 3 aliphatic heterocycles. The van der Waals surface area contributed by atoms with E-state index in [1.54, 1.807) is 18.2 Å². The lowest BCUT2D eigenvalue weighted by Crippen LogP contribution is -2.48. The molecule has 0 unspecified atom stereocenters. The molecule has 0 saturated carbocycles. The molecule has 1 fully saturated rings. The van der Waals surface area contributed by atoms with Crippen LogP contribution in [0.1, 0.15) is 28.8 Å². The van der Waals surface area contributed by atoms with Gasteiger partial charge in [-0.3, -0.25) is 9.59 Å². The summed E-state index contributed by atoms with van der Waals surface area (Å²) in [4.78, 5) is 28.1. The molecule has 2 bridgehead atoms. The van der Waals surface area contributed by atoms with Crippen molar-refractivity contribution in [3.8, 4) is 11.5 Å². The third-order valence-corrected chi connectivity index (χ3v) is 8.67. The monoisotopic (exact) mass is 519 g/mol. The molecule has 2 aromatic carbocycles. The summed E-state index contributed by atoms with van der Waals surface area (Å²) in [6, 6.07) is 20.6. The summed E-state index contributed by atoms with van der Waals surface area (Å²) in [5.74, 6) is 1.74. The minimum absolute atomic E-state index is 0.0666. The molecule has 6 rings (SSSR count). The van der Waals surface area contributed by atoms with E-state index >= 15 is 0 Å². The maximum absolute atomic E-state index is 13.5. The number of nitrogens with one attached hydrogen (secondary N) is 1. The summed E-state index contributed by atoms with van der Waals surface area (Å²) in [6.07, 6.45) is 1.06. The van der Waals surface area contributed by atoms with Gasteiger partial charge in [-0.25, -0.2) is 0 Å². The number of pyridine rings is 1. The van der Waals surface area contributed by atoms with Crippen LogP contribution in [-0.4, -0.2) is 39.6 Å². The number of carbonyl (C=O) groups excluding carboxylic acids is 1. The number of hydrogen-bond acceptors (Lipinski definition) is 6. The first-order valence-corrected chi connectivity index (χ1v) is 13.2. The number of rotatable bonds is 4. The summed E-state index contributed by atoms with van der Waals surface area (Å²) in [5.41, 5.74) is 2.68. The van der Waals surface area contributed by atoms with Crippen LogP contribution in [0.5, 0.6) is 11.5 Å². The lowest BCUT2D eigenvalue weighted by molar-refractivity contribution is -0.115.